The van der Waals surface area contributed by atoms with Gasteiger partial charge >= 0.3 is 0 Å². The predicted octanol–water partition coefficient (Wildman–Crippen LogP) is 3.00. The van der Waals surface area contributed by atoms with E-state index in [1.807, 2.05) is 38.1 Å². The summed E-state index contributed by atoms with van der Waals surface area (Å²) >= 11 is 0. The van der Waals surface area contributed by atoms with E-state index in [-0.39, 0.29) is 18.8 Å². The Bertz CT molecular complexity index is 519. The van der Waals surface area contributed by atoms with Gasteiger partial charge in [0, 0.05) is 5.39 Å². The summed E-state index contributed by atoms with van der Waals surface area (Å²) in [6, 6.07) is 14.2. The number of rotatable bonds is 6. The van der Waals surface area contributed by atoms with Crippen LogP contribution in [0.1, 0.15) is 13.8 Å². The van der Waals surface area contributed by atoms with Crippen LogP contribution in [-0.4, -0.2) is 30.5 Å². The highest BCUT2D eigenvalue weighted by Gasteiger charge is 2.09. The molecule has 2 rings (SSSR count). The standard InChI is InChI=1S/C16H20O3/c1-12(10-17)18-11-13(2)19-16-9-5-7-14-6-3-4-8-15(14)16/h3-9,12-13,17H,10-11H2,1-2H3. The molecule has 0 aliphatic rings. The third-order valence-corrected chi connectivity index (χ3v) is 2.95. The molecule has 0 radical (unpaired) electrons. The zero-order valence-corrected chi connectivity index (χ0v) is 11.4. The van der Waals surface area contributed by atoms with Gasteiger partial charge in [-0.25, -0.2) is 0 Å². The van der Waals surface area contributed by atoms with Crippen LogP contribution in [0.4, 0.5) is 0 Å². The van der Waals surface area contributed by atoms with E-state index in [9.17, 15) is 0 Å². The second-order valence-corrected chi connectivity index (χ2v) is 4.73. The van der Waals surface area contributed by atoms with E-state index in [1.54, 1.807) is 0 Å². The molecule has 0 fully saturated rings. The highest BCUT2D eigenvalue weighted by atomic mass is 16.5. The van der Waals surface area contributed by atoms with Gasteiger partial charge in [0.25, 0.3) is 0 Å². The van der Waals surface area contributed by atoms with Crippen molar-refractivity contribution in [3.8, 4) is 5.75 Å². The lowest BCUT2D eigenvalue weighted by Crippen LogP contribution is -2.24. The smallest absolute Gasteiger partial charge is 0.127 e. The summed E-state index contributed by atoms with van der Waals surface area (Å²) in [6.07, 6.45) is -0.210. The van der Waals surface area contributed by atoms with Crippen LogP contribution in [0, 0.1) is 0 Å². The van der Waals surface area contributed by atoms with Crippen molar-refractivity contribution in [2.24, 2.45) is 0 Å². The number of aliphatic hydroxyl groups is 1. The van der Waals surface area contributed by atoms with E-state index >= 15 is 0 Å². The lowest BCUT2D eigenvalue weighted by atomic mass is 10.1. The number of ether oxygens (including phenoxy) is 2. The van der Waals surface area contributed by atoms with Gasteiger partial charge in [0.2, 0.25) is 0 Å². The minimum absolute atomic E-state index is 0.0288. The summed E-state index contributed by atoms with van der Waals surface area (Å²) in [5.41, 5.74) is 0. The number of hydrogen-bond donors (Lipinski definition) is 1. The fraction of sp³-hybridized carbons (Fsp3) is 0.375. The fourth-order valence-corrected chi connectivity index (χ4v) is 1.90. The molecule has 0 saturated carbocycles. The molecule has 0 bridgehead atoms. The molecule has 102 valence electrons. The lowest BCUT2D eigenvalue weighted by molar-refractivity contribution is -0.0107. The van der Waals surface area contributed by atoms with Crippen LogP contribution in [0.25, 0.3) is 10.8 Å². The van der Waals surface area contributed by atoms with Crippen LogP contribution in [0.15, 0.2) is 42.5 Å². The Morgan fingerprint density at radius 2 is 1.74 bits per heavy atom. The molecule has 0 spiro atoms. The monoisotopic (exact) mass is 260 g/mol. The van der Waals surface area contributed by atoms with Crippen molar-refractivity contribution in [3.63, 3.8) is 0 Å². The second-order valence-electron chi connectivity index (χ2n) is 4.73. The maximum Gasteiger partial charge on any atom is 0.127 e. The molecule has 1 N–H and O–H groups in total. The first-order valence-electron chi connectivity index (χ1n) is 6.57. The summed E-state index contributed by atoms with van der Waals surface area (Å²) in [6.45, 7) is 4.29. The Morgan fingerprint density at radius 1 is 1.00 bits per heavy atom. The van der Waals surface area contributed by atoms with Gasteiger partial charge in [0.15, 0.2) is 0 Å². The molecule has 0 amide bonds. The van der Waals surface area contributed by atoms with Crippen LogP contribution < -0.4 is 4.74 Å². The Kier molecular flexibility index (Phi) is 4.77. The van der Waals surface area contributed by atoms with Crippen LogP contribution in [0.5, 0.6) is 5.75 Å². The van der Waals surface area contributed by atoms with Crippen LogP contribution in [0.2, 0.25) is 0 Å². The molecule has 2 atom stereocenters. The maximum absolute atomic E-state index is 8.91. The van der Waals surface area contributed by atoms with E-state index in [0.29, 0.717) is 6.61 Å². The third kappa shape index (κ3) is 3.69. The first-order valence-corrected chi connectivity index (χ1v) is 6.57. The van der Waals surface area contributed by atoms with Gasteiger partial charge in [0.1, 0.15) is 11.9 Å². The molecule has 0 heterocycles. The van der Waals surface area contributed by atoms with Gasteiger partial charge in [-0.2, -0.15) is 0 Å². The van der Waals surface area contributed by atoms with Crippen LogP contribution in [-0.2, 0) is 4.74 Å². The molecule has 0 aromatic heterocycles. The molecular formula is C16H20O3. The van der Waals surface area contributed by atoms with Crippen molar-refractivity contribution >= 4 is 10.8 Å². The van der Waals surface area contributed by atoms with Crippen molar-refractivity contribution < 1.29 is 14.6 Å². The minimum atomic E-state index is -0.154. The maximum atomic E-state index is 8.91. The van der Waals surface area contributed by atoms with Crippen molar-refractivity contribution in [1.29, 1.82) is 0 Å². The van der Waals surface area contributed by atoms with Crippen molar-refractivity contribution in [2.75, 3.05) is 13.2 Å². The zero-order valence-electron chi connectivity index (χ0n) is 11.4. The number of fused-ring (bicyclic) bond motifs is 1. The van der Waals surface area contributed by atoms with Crippen LogP contribution in [0.3, 0.4) is 0 Å². The van der Waals surface area contributed by atoms with Gasteiger partial charge < -0.3 is 14.6 Å². The van der Waals surface area contributed by atoms with Crippen molar-refractivity contribution in [1.82, 2.24) is 0 Å². The zero-order chi connectivity index (χ0) is 13.7. The Labute approximate surface area is 113 Å². The topological polar surface area (TPSA) is 38.7 Å². The molecule has 2 aromatic carbocycles. The average Bonchev–Trinajstić information content (AvgIpc) is 2.45. The molecule has 0 saturated heterocycles. The largest absolute Gasteiger partial charge is 0.488 e. The summed E-state index contributed by atoms with van der Waals surface area (Å²) < 4.78 is 11.4. The summed E-state index contributed by atoms with van der Waals surface area (Å²) in [5, 5.41) is 11.2. The van der Waals surface area contributed by atoms with E-state index in [4.69, 9.17) is 14.6 Å². The van der Waals surface area contributed by atoms with E-state index in [1.165, 1.54) is 0 Å². The lowest BCUT2D eigenvalue weighted by Gasteiger charge is -2.18. The molecule has 3 nitrogen and oxygen atoms in total. The molecule has 3 heteroatoms. The second kappa shape index (κ2) is 6.55. The van der Waals surface area contributed by atoms with E-state index in [2.05, 4.69) is 18.2 Å². The van der Waals surface area contributed by atoms with Crippen LogP contribution >= 0.6 is 0 Å². The van der Waals surface area contributed by atoms with Crippen molar-refractivity contribution in [2.45, 2.75) is 26.1 Å². The third-order valence-electron chi connectivity index (χ3n) is 2.95. The SMILES string of the molecule is CC(CO)OCC(C)Oc1cccc2ccccc12. The molecular weight excluding hydrogens is 240 g/mol. The molecule has 2 unspecified atom stereocenters. The minimum Gasteiger partial charge on any atom is -0.488 e. The summed E-state index contributed by atoms with van der Waals surface area (Å²) in [4.78, 5) is 0. The fourth-order valence-electron chi connectivity index (χ4n) is 1.90. The predicted molar refractivity (Wildman–Crippen MR) is 76.5 cm³/mol. The van der Waals surface area contributed by atoms with Gasteiger partial charge in [-0.1, -0.05) is 36.4 Å². The highest BCUT2D eigenvalue weighted by molar-refractivity contribution is 5.88. The average molecular weight is 260 g/mol. The van der Waals surface area contributed by atoms with E-state index in [0.717, 1.165) is 16.5 Å². The van der Waals surface area contributed by atoms with Gasteiger partial charge in [-0.15, -0.1) is 0 Å². The Hall–Kier alpha value is -1.58. The quantitative estimate of drug-likeness (QED) is 0.867. The first-order chi connectivity index (χ1) is 9.20. The first kappa shape index (κ1) is 13.8. The Balaban J connectivity index is 2.04. The summed E-state index contributed by atoms with van der Waals surface area (Å²) in [5.74, 6) is 0.867. The number of benzene rings is 2. The number of hydrogen-bond acceptors (Lipinski definition) is 3. The molecule has 19 heavy (non-hydrogen) atoms. The summed E-state index contributed by atoms with van der Waals surface area (Å²) in [7, 11) is 0. The molecule has 0 aliphatic heterocycles. The van der Waals surface area contributed by atoms with Gasteiger partial charge in [0.05, 0.1) is 19.3 Å². The number of aliphatic hydroxyl groups excluding tert-OH is 1. The Morgan fingerprint density at radius 3 is 2.53 bits per heavy atom. The van der Waals surface area contributed by atoms with Gasteiger partial charge in [-0.05, 0) is 25.3 Å². The van der Waals surface area contributed by atoms with Crippen molar-refractivity contribution in [3.05, 3.63) is 42.5 Å². The normalized spacial score (nSPS) is 14.3. The molecule has 0 aliphatic carbocycles. The van der Waals surface area contributed by atoms with Gasteiger partial charge in [-0.3, -0.25) is 0 Å². The van der Waals surface area contributed by atoms with E-state index < -0.39 is 0 Å². The molecule has 2 aromatic rings. The highest BCUT2D eigenvalue weighted by Crippen LogP contribution is 2.26.